The van der Waals surface area contributed by atoms with E-state index in [1.54, 1.807) is 18.2 Å². The summed E-state index contributed by atoms with van der Waals surface area (Å²) in [6, 6.07) is 9.35. The number of H-pyrrole nitrogens is 1. The van der Waals surface area contributed by atoms with E-state index in [4.69, 9.17) is 23.2 Å². The number of nitrogens with one attached hydrogen (secondary N) is 2. The molecule has 0 bridgehead atoms. The van der Waals surface area contributed by atoms with Crippen molar-refractivity contribution in [1.29, 1.82) is 0 Å². The first-order valence-electron chi connectivity index (χ1n) is 6.54. The van der Waals surface area contributed by atoms with Gasteiger partial charge in [0.05, 0.1) is 21.8 Å². The maximum Gasteiger partial charge on any atom is 0.234 e. The molecule has 0 saturated heterocycles. The van der Waals surface area contributed by atoms with Gasteiger partial charge in [-0.25, -0.2) is 9.37 Å². The average molecular weight is 370 g/mol. The van der Waals surface area contributed by atoms with Crippen LogP contribution in [0.4, 0.5) is 10.1 Å². The fourth-order valence-corrected chi connectivity index (χ4v) is 2.97. The van der Waals surface area contributed by atoms with E-state index in [1.807, 2.05) is 0 Å². The van der Waals surface area contributed by atoms with E-state index in [9.17, 15) is 9.18 Å². The number of carbonyl (C=O) groups excluding carboxylic acids is 1. The first-order chi connectivity index (χ1) is 11.0. The molecule has 2 aromatic carbocycles. The number of aromatic amines is 1. The lowest BCUT2D eigenvalue weighted by atomic mass is 10.3. The van der Waals surface area contributed by atoms with E-state index in [2.05, 4.69) is 15.3 Å². The number of aromatic nitrogens is 2. The molecule has 1 amide bonds. The molecule has 0 fully saturated rings. The summed E-state index contributed by atoms with van der Waals surface area (Å²) in [5.74, 6) is -0.612. The Hall–Kier alpha value is -1.76. The van der Waals surface area contributed by atoms with E-state index < -0.39 is 5.82 Å². The van der Waals surface area contributed by atoms with Crippen molar-refractivity contribution in [3.8, 4) is 0 Å². The van der Waals surface area contributed by atoms with Crippen molar-refractivity contribution in [1.82, 2.24) is 9.97 Å². The third-order valence-corrected chi connectivity index (χ3v) is 4.36. The summed E-state index contributed by atoms with van der Waals surface area (Å²) in [6.07, 6.45) is 0. The van der Waals surface area contributed by atoms with Crippen LogP contribution in [-0.2, 0) is 4.79 Å². The van der Waals surface area contributed by atoms with E-state index >= 15 is 0 Å². The standard InChI is InChI=1S/C15H10Cl2FN3OS/c16-8-1-4-12-13(5-8)21-15(20-12)23-7-14(22)19-9-2-3-11(18)10(17)6-9/h1-6H,7H2,(H,19,22)(H,20,21). The fraction of sp³-hybridized carbons (Fsp3) is 0.0667. The quantitative estimate of drug-likeness (QED) is 0.653. The molecule has 8 heteroatoms. The van der Waals surface area contributed by atoms with Gasteiger partial charge in [-0.2, -0.15) is 0 Å². The van der Waals surface area contributed by atoms with Gasteiger partial charge in [-0.1, -0.05) is 35.0 Å². The van der Waals surface area contributed by atoms with Gasteiger partial charge >= 0.3 is 0 Å². The molecule has 0 radical (unpaired) electrons. The van der Waals surface area contributed by atoms with Crippen molar-refractivity contribution < 1.29 is 9.18 Å². The number of carbonyl (C=O) groups is 1. The lowest BCUT2D eigenvalue weighted by Crippen LogP contribution is -2.14. The van der Waals surface area contributed by atoms with Gasteiger partial charge < -0.3 is 10.3 Å². The maximum atomic E-state index is 13.1. The Morgan fingerprint density at radius 3 is 2.87 bits per heavy atom. The lowest BCUT2D eigenvalue weighted by Gasteiger charge is -2.05. The van der Waals surface area contributed by atoms with Gasteiger partial charge in [-0.05, 0) is 36.4 Å². The van der Waals surface area contributed by atoms with Gasteiger partial charge in [-0.15, -0.1) is 0 Å². The first kappa shape index (κ1) is 16.1. The number of hydrogen-bond donors (Lipinski definition) is 2. The highest BCUT2D eigenvalue weighted by atomic mass is 35.5. The Kier molecular flexibility index (Phi) is 4.75. The third kappa shape index (κ3) is 3.96. The summed E-state index contributed by atoms with van der Waals surface area (Å²) in [6.45, 7) is 0. The van der Waals surface area contributed by atoms with Crippen LogP contribution in [0.5, 0.6) is 0 Å². The molecule has 118 valence electrons. The van der Waals surface area contributed by atoms with Crippen molar-refractivity contribution in [2.75, 3.05) is 11.1 Å². The number of nitrogens with zero attached hydrogens (tertiary/aromatic N) is 1. The van der Waals surface area contributed by atoms with Crippen LogP contribution in [0.25, 0.3) is 11.0 Å². The number of amides is 1. The maximum absolute atomic E-state index is 13.1. The Bertz CT molecular complexity index is 884. The zero-order valence-corrected chi connectivity index (χ0v) is 13.9. The molecule has 3 aromatic rings. The van der Waals surface area contributed by atoms with Crippen molar-refractivity contribution in [2.45, 2.75) is 5.16 Å². The number of anilines is 1. The van der Waals surface area contributed by atoms with Crippen LogP contribution in [0, 0.1) is 5.82 Å². The molecule has 0 aliphatic heterocycles. The van der Waals surface area contributed by atoms with Crippen LogP contribution in [0.2, 0.25) is 10.0 Å². The Balaban J connectivity index is 1.62. The van der Waals surface area contributed by atoms with E-state index in [-0.39, 0.29) is 16.7 Å². The second-order valence-electron chi connectivity index (χ2n) is 4.67. The topological polar surface area (TPSA) is 57.8 Å². The Morgan fingerprint density at radius 1 is 1.26 bits per heavy atom. The summed E-state index contributed by atoms with van der Waals surface area (Å²) in [4.78, 5) is 19.4. The molecule has 0 aliphatic rings. The molecule has 3 rings (SSSR count). The SMILES string of the molecule is O=C(CSc1nc2ccc(Cl)cc2[nH]1)Nc1ccc(F)c(Cl)c1. The molecule has 0 atom stereocenters. The molecule has 1 aromatic heterocycles. The number of fused-ring (bicyclic) bond motifs is 1. The first-order valence-corrected chi connectivity index (χ1v) is 8.28. The average Bonchev–Trinajstić information content (AvgIpc) is 2.91. The molecule has 1 heterocycles. The number of imidazole rings is 1. The predicted octanol–water partition coefficient (Wildman–Crippen LogP) is 4.74. The molecule has 0 unspecified atom stereocenters. The fourth-order valence-electron chi connectivity index (χ4n) is 1.93. The third-order valence-electron chi connectivity index (χ3n) is 2.97. The molecule has 0 saturated carbocycles. The van der Waals surface area contributed by atoms with Gasteiger partial charge in [-0.3, -0.25) is 4.79 Å². The van der Waals surface area contributed by atoms with E-state index in [0.717, 1.165) is 11.0 Å². The van der Waals surface area contributed by atoms with Crippen LogP contribution in [0.1, 0.15) is 0 Å². The summed E-state index contributed by atoms with van der Waals surface area (Å²) in [5.41, 5.74) is 2.03. The highest BCUT2D eigenvalue weighted by Gasteiger charge is 2.09. The summed E-state index contributed by atoms with van der Waals surface area (Å²) in [7, 11) is 0. The molecule has 4 nitrogen and oxygen atoms in total. The van der Waals surface area contributed by atoms with Crippen LogP contribution < -0.4 is 5.32 Å². The molecule has 23 heavy (non-hydrogen) atoms. The molecule has 0 spiro atoms. The number of benzene rings is 2. The second kappa shape index (κ2) is 6.78. The zero-order chi connectivity index (χ0) is 16.4. The van der Waals surface area contributed by atoms with Crippen LogP contribution in [0.3, 0.4) is 0 Å². The van der Waals surface area contributed by atoms with Gasteiger partial charge in [0.25, 0.3) is 0 Å². The van der Waals surface area contributed by atoms with Crippen molar-refractivity contribution in [3.05, 3.63) is 52.3 Å². The van der Waals surface area contributed by atoms with E-state index in [0.29, 0.717) is 15.9 Å². The number of hydrogen-bond acceptors (Lipinski definition) is 3. The van der Waals surface area contributed by atoms with Gasteiger partial charge in [0, 0.05) is 10.7 Å². The highest BCUT2D eigenvalue weighted by Crippen LogP contribution is 2.23. The predicted molar refractivity (Wildman–Crippen MR) is 91.9 cm³/mol. The van der Waals surface area contributed by atoms with Crippen molar-refractivity contribution >= 4 is 57.6 Å². The number of thioether (sulfide) groups is 1. The zero-order valence-electron chi connectivity index (χ0n) is 11.6. The van der Waals surface area contributed by atoms with E-state index in [1.165, 1.54) is 30.0 Å². The van der Waals surface area contributed by atoms with Crippen molar-refractivity contribution in [3.63, 3.8) is 0 Å². The van der Waals surface area contributed by atoms with Crippen LogP contribution in [-0.4, -0.2) is 21.6 Å². The smallest absolute Gasteiger partial charge is 0.234 e. The highest BCUT2D eigenvalue weighted by molar-refractivity contribution is 7.99. The van der Waals surface area contributed by atoms with Crippen LogP contribution >= 0.6 is 35.0 Å². The molecule has 0 aliphatic carbocycles. The Morgan fingerprint density at radius 2 is 2.09 bits per heavy atom. The molecular formula is C15H10Cl2FN3OS. The van der Waals surface area contributed by atoms with Crippen LogP contribution in [0.15, 0.2) is 41.6 Å². The number of halogens is 3. The van der Waals surface area contributed by atoms with Gasteiger partial charge in [0.2, 0.25) is 5.91 Å². The lowest BCUT2D eigenvalue weighted by molar-refractivity contribution is -0.113. The monoisotopic (exact) mass is 369 g/mol. The second-order valence-corrected chi connectivity index (χ2v) is 6.48. The Labute approximate surface area is 145 Å². The summed E-state index contributed by atoms with van der Waals surface area (Å²) >= 11 is 12.8. The van der Waals surface area contributed by atoms with Gasteiger partial charge in [0.15, 0.2) is 5.16 Å². The minimum absolute atomic E-state index is 0.0374. The minimum Gasteiger partial charge on any atom is -0.333 e. The largest absolute Gasteiger partial charge is 0.333 e. The van der Waals surface area contributed by atoms with Crippen molar-refractivity contribution in [2.24, 2.45) is 0 Å². The summed E-state index contributed by atoms with van der Waals surface area (Å²) in [5, 5.41) is 3.85. The normalized spacial score (nSPS) is 10.9. The van der Waals surface area contributed by atoms with Gasteiger partial charge in [0.1, 0.15) is 5.82 Å². The summed E-state index contributed by atoms with van der Waals surface area (Å²) < 4.78 is 13.1. The number of rotatable bonds is 4. The molecule has 2 N–H and O–H groups in total. The minimum atomic E-state index is -0.528. The molecular weight excluding hydrogens is 360 g/mol.